The molecule has 2 aliphatic heterocycles. The molecule has 4 amide bonds. The van der Waals surface area contributed by atoms with E-state index in [2.05, 4.69) is 10.6 Å². The quantitative estimate of drug-likeness (QED) is 0.491. The van der Waals surface area contributed by atoms with Crippen molar-refractivity contribution >= 4 is 23.6 Å². The number of fused-ring (bicyclic) bond motifs is 1. The highest BCUT2D eigenvalue weighted by molar-refractivity contribution is 5.95. The summed E-state index contributed by atoms with van der Waals surface area (Å²) in [6.45, 7) is 5.19. The van der Waals surface area contributed by atoms with Crippen LogP contribution in [-0.4, -0.2) is 86.4 Å². The minimum absolute atomic E-state index is 0.0452. The van der Waals surface area contributed by atoms with Crippen molar-refractivity contribution in [3.63, 3.8) is 0 Å². The third-order valence-electron chi connectivity index (χ3n) is 7.53. The molecule has 0 saturated carbocycles. The molecule has 40 heavy (non-hydrogen) atoms. The summed E-state index contributed by atoms with van der Waals surface area (Å²) in [5.74, 6) is -0.554. The fraction of sp³-hybridized carbons (Fsp3) is 0.467. The van der Waals surface area contributed by atoms with E-state index in [1.165, 1.54) is 14.2 Å². The highest BCUT2D eigenvalue weighted by atomic mass is 16.5. The fourth-order valence-electron chi connectivity index (χ4n) is 5.53. The number of likely N-dealkylation sites (tertiary alicyclic amines) is 2. The van der Waals surface area contributed by atoms with Crippen molar-refractivity contribution in [3.05, 3.63) is 59.7 Å². The number of amides is 4. The molecule has 214 valence electrons. The molecule has 2 aromatic rings. The SMILES string of the molecule is CNC(=O)CNC(=O)C1CN(C(=O)Cc2ccccc2)CC2CN(C(=O)c3ccc(OC(C)C)c(OC)c3)CC21. The van der Waals surface area contributed by atoms with Crippen LogP contribution in [-0.2, 0) is 20.8 Å². The Kier molecular flexibility index (Phi) is 9.29. The van der Waals surface area contributed by atoms with Crippen LogP contribution in [0.3, 0.4) is 0 Å². The molecule has 2 heterocycles. The maximum absolute atomic E-state index is 13.6. The van der Waals surface area contributed by atoms with Gasteiger partial charge in [-0.05, 0) is 49.4 Å². The van der Waals surface area contributed by atoms with Crippen LogP contribution in [0, 0.1) is 17.8 Å². The first-order chi connectivity index (χ1) is 19.2. The number of rotatable bonds is 9. The molecule has 0 radical (unpaired) electrons. The molecule has 3 atom stereocenters. The summed E-state index contributed by atoms with van der Waals surface area (Å²) in [6.07, 6.45) is 0.189. The molecule has 0 aromatic heterocycles. The number of nitrogens with zero attached hydrogens (tertiary/aromatic N) is 2. The molecule has 10 nitrogen and oxygen atoms in total. The smallest absolute Gasteiger partial charge is 0.254 e. The van der Waals surface area contributed by atoms with Gasteiger partial charge in [0, 0.05) is 38.8 Å². The highest BCUT2D eigenvalue weighted by Crippen LogP contribution is 2.37. The van der Waals surface area contributed by atoms with Crippen LogP contribution in [0.15, 0.2) is 48.5 Å². The summed E-state index contributed by atoms with van der Waals surface area (Å²) in [5, 5.41) is 5.21. The Morgan fingerprint density at radius 2 is 1.68 bits per heavy atom. The average molecular weight is 551 g/mol. The van der Waals surface area contributed by atoms with Crippen molar-refractivity contribution in [2.45, 2.75) is 26.4 Å². The van der Waals surface area contributed by atoms with Gasteiger partial charge < -0.3 is 29.9 Å². The van der Waals surface area contributed by atoms with Crippen LogP contribution in [0.1, 0.15) is 29.8 Å². The van der Waals surface area contributed by atoms with Gasteiger partial charge in [-0.2, -0.15) is 0 Å². The Bertz CT molecular complexity index is 1230. The van der Waals surface area contributed by atoms with Gasteiger partial charge in [-0.3, -0.25) is 19.2 Å². The second-order valence-corrected chi connectivity index (χ2v) is 10.6. The third kappa shape index (κ3) is 6.73. The van der Waals surface area contributed by atoms with E-state index in [4.69, 9.17) is 9.47 Å². The zero-order valence-corrected chi connectivity index (χ0v) is 23.5. The van der Waals surface area contributed by atoms with Crippen LogP contribution >= 0.6 is 0 Å². The number of ether oxygens (including phenoxy) is 2. The summed E-state index contributed by atoms with van der Waals surface area (Å²) < 4.78 is 11.2. The van der Waals surface area contributed by atoms with Crippen LogP contribution in [0.5, 0.6) is 11.5 Å². The number of hydrogen-bond acceptors (Lipinski definition) is 6. The first-order valence-corrected chi connectivity index (χ1v) is 13.6. The zero-order valence-electron chi connectivity index (χ0n) is 23.5. The third-order valence-corrected chi connectivity index (χ3v) is 7.53. The normalized spacial score (nSPS) is 20.1. The van der Waals surface area contributed by atoms with E-state index in [1.54, 1.807) is 28.0 Å². The van der Waals surface area contributed by atoms with Crippen molar-refractivity contribution < 1.29 is 28.7 Å². The Morgan fingerprint density at radius 3 is 2.35 bits per heavy atom. The van der Waals surface area contributed by atoms with Gasteiger partial charge in [0.05, 0.1) is 32.1 Å². The summed E-state index contributed by atoms with van der Waals surface area (Å²) in [6, 6.07) is 14.6. The fourth-order valence-corrected chi connectivity index (χ4v) is 5.53. The molecule has 2 saturated heterocycles. The maximum Gasteiger partial charge on any atom is 0.254 e. The molecule has 0 aliphatic carbocycles. The van der Waals surface area contributed by atoms with Gasteiger partial charge in [0.2, 0.25) is 17.7 Å². The minimum Gasteiger partial charge on any atom is -0.493 e. The van der Waals surface area contributed by atoms with Gasteiger partial charge in [0.1, 0.15) is 0 Å². The molecule has 0 spiro atoms. The molecule has 2 aromatic carbocycles. The lowest BCUT2D eigenvalue weighted by molar-refractivity contribution is -0.139. The zero-order chi connectivity index (χ0) is 28.8. The average Bonchev–Trinajstić information content (AvgIpc) is 3.39. The maximum atomic E-state index is 13.6. The highest BCUT2D eigenvalue weighted by Gasteiger charge is 2.47. The number of carbonyl (C=O) groups excluding carboxylic acids is 4. The lowest BCUT2D eigenvalue weighted by Gasteiger charge is -2.39. The van der Waals surface area contributed by atoms with E-state index in [0.717, 1.165) is 5.56 Å². The van der Waals surface area contributed by atoms with Crippen LogP contribution < -0.4 is 20.1 Å². The molecule has 2 aliphatic rings. The van der Waals surface area contributed by atoms with Crippen LogP contribution in [0.4, 0.5) is 0 Å². The lowest BCUT2D eigenvalue weighted by Crippen LogP contribution is -2.54. The molecule has 2 N–H and O–H groups in total. The van der Waals surface area contributed by atoms with Crippen molar-refractivity contribution in [2.75, 3.05) is 46.9 Å². The summed E-state index contributed by atoms with van der Waals surface area (Å²) in [5.41, 5.74) is 1.36. The number of methoxy groups -OCH3 is 1. The number of nitrogens with one attached hydrogen (secondary N) is 2. The number of carbonyl (C=O) groups is 4. The van der Waals surface area contributed by atoms with E-state index in [1.807, 2.05) is 44.2 Å². The van der Waals surface area contributed by atoms with Gasteiger partial charge in [-0.1, -0.05) is 30.3 Å². The van der Waals surface area contributed by atoms with Crippen LogP contribution in [0.25, 0.3) is 0 Å². The van der Waals surface area contributed by atoms with E-state index >= 15 is 0 Å². The number of benzene rings is 2. The Morgan fingerprint density at radius 1 is 0.950 bits per heavy atom. The molecule has 10 heteroatoms. The van der Waals surface area contributed by atoms with Gasteiger partial charge in [-0.25, -0.2) is 0 Å². The summed E-state index contributed by atoms with van der Waals surface area (Å²) in [7, 11) is 3.04. The van der Waals surface area contributed by atoms with Crippen LogP contribution in [0.2, 0.25) is 0 Å². The summed E-state index contributed by atoms with van der Waals surface area (Å²) in [4.78, 5) is 55.4. The second kappa shape index (κ2) is 12.8. The molecule has 2 fully saturated rings. The number of likely N-dealkylation sites (N-methyl/N-ethyl adjacent to an activating group) is 1. The Balaban J connectivity index is 1.53. The standard InChI is InChI=1S/C30H38N4O6/c1-19(2)40-25-11-10-21(13-26(25)39-4)30(38)34-16-22-15-33(28(36)12-20-8-6-5-7-9-20)18-24(23(22)17-34)29(37)32-14-27(35)31-3/h5-11,13,19,22-24H,12,14-18H2,1-4H3,(H,31,35)(H,32,37). The number of hydrogen-bond donors (Lipinski definition) is 2. The van der Waals surface area contributed by atoms with Gasteiger partial charge >= 0.3 is 0 Å². The topological polar surface area (TPSA) is 117 Å². The van der Waals surface area contributed by atoms with Crippen molar-refractivity contribution in [1.29, 1.82) is 0 Å². The largest absolute Gasteiger partial charge is 0.493 e. The van der Waals surface area contributed by atoms with Gasteiger partial charge in [0.25, 0.3) is 5.91 Å². The van der Waals surface area contributed by atoms with Gasteiger partial charge in [0.15, 0.2) is 11.5 Å². The molecule has 3 unspecified atom stereocenters. The van der Waals surface area contributed by atoms with Crippen molar-refractivity contribution in [2.24, 2.45) is 17.8 Å². The Labute approximate surface area is 235 Å². The minimum atomic E-state index is -0.544. The predicted octanol–water partition coefficient (Wildman–Crippen LogP) is 1.73. The Hall–Kier alpha value is -4.08. The molecule has 0 bridgehead atoms. The number of piperidine rings is 1. The van der Waals surface area contributed by atoms with E-state index in [-0.39, 0.29) is 61.1 Å². The van der Waals surface area contributed by atoms with E-state index < -0.39 is 5.92 Å². The predicted molar refractivity (Wildman–Crippen MR) is 149 cm³/mol. The molecular formula is C30H38N4O6. The molecular weight excluding hydrogens is 512 g/mol. The lowest BCUT2D eigenvalue weighted by atomic mass is 9.79. The van der Waals surface area contributed by atoms with E-state index in [0.29, 0.717) is 36.7 Å². The monoisotopic (exact) mass is 550 g/mol. The first-order valence-electron chi connectivity index (χ1n) is 13.6. The van der Waals surface area contributed by atoms with E-state index in [9.17, 15) is 19.2 Å². The molecule has 4 rings (SSSR count). The second-order valence-electron chi connectivity index (χ2n) is 10.6. The van der Waals surface area contributed by atoms with Gasteiger partial charge in [-0.15, -0.1) is 0 Å². The first kappa shape index (κ1) is 28.9. The van der Waals surface area contributed by atoms with Crippen molar-refractivity contribution in [3.8, 4) is 11.5 Å². The summed E-state index contributed by atoms with van der Waals surface area (Å²) >= 11 is 0. The van der Waals surface area contributed by atoms with Crippen molar-refractivity contribution in [1.82, 2.24) is 20.4 Å².